The molecule has 0 radical (unpaired) electrons. The Bertz CT molecular complexity index is 1430. The van der Waals surface area contributed by atoms with Gasteiger partial charge in [-0.3, -0.25) is 9.36 Å². The van der Waals surface area contributed by atoms with E-state index in [4.69, 9.17) is 9.47 Å². The van der Waals surface area contributed by atoms with E-state index in [0.29, 0.717) is 29.0 Å². The number of rotatable bonds is 7. The Morgan fingerprint density at radius 2 is 1.76 bits per heavy atom. The number of ether oxygens (including phenoxy) is 2. The van der Waals surface area contributed by atoms with E-state index in [1.165, 1.54) is 23.4 Å². The van der Waals surface area contributed by atoms with Gasteiger partial charge in [0.05, 0.1) is 37.8 Å². The van der Waals surface area contributed by atoms with E-state index in [0.717, 1.165) is 11.1 Å². The second kappa shape index (κ2) is 9.25. The summed E-state index contributed by atoms with van der Waals surface area (Å²) < 4.78 is 14.2. The number of para-hydroxylation sites is 1. The Balaban J connectivity index is 1.89. The molecule has 2 heterocycles. The molecule has 170 valence electrons. The van der Waals surface area contributed by atoms with Crippen molar-refractivity contribution in [2.45, 2.75) is 20.0 Å². The summed E-state index contributed by atoms with van der Waals surface area (Å²) in [6.45, 7) is 2.58. The Kier molecular flexibility index (Phi) is 6.23. The van der Waals surface area contributed by atoms with E-state index in [-0.39, 0.29) is 13.2 Å². The van der Waals surface area contributed by atoms with Crippen LogP contribution in [0, 0.1) is 6.92 Å². The van der Waals surface area contributed by atoms with Gasteiger partial charge in [-0.2, -0.15) is 0 Å². The van der Waals surface area contributed by atoms with Crippen molar-refractivity contribution in [1.82, 2.24) is 18.7 Å². The molecular weight excluding hydrogens is 424 g/mol. The van der Waals surface area contributed by atoms with Crippen LogP contribution in [0.4, 0.5) is 0 Å². The number of fused-ring (bicyclic) bond motifs is 1. The van der Waals surface area contributed by atoms with Crippen molar-refractivity contribution in [3.8, 4) is 5.69 Å². The lowest BCUT2D eigenvalue weighted by molar-refractivity contribution is 0.0600. The van der Waals surface area contributed by atoms with Gasteiger partial charge in [-0.05, 0) is 36.2 Å². The Morgan fingerprint density at radius 3 is 2.42 bits per heavy atom. The molecule has 0 unspecified atom stereocenters. The summed E-state index contributed by atoms with van der Waals surface area (Å²) in [5, 5.41) is 0. The quantitative estimate of drug-likeness (QED) is 0.402. The SMILES string of the molecule is COCCn1c(=O)c2c(ncn2Cc2ccc(C(=O)OC)cc2)n(-c2ccccc2C)c1=O. The molecule has 0 N–H and O–H groups in total. The monoisotopic (exact) mass is 448 g/mol. The van der Waals surface area contributed by atoms with Crippen LogP contribution in [0.5, 0.6) is 0 Å². The minimum absolute atomic E-state index is 0.120. The summed E-state index contributed by atoms with van der Waals surface area (Å²) in [7, 11) is 2.85. The molecule has 2 aromatic carbocycles. The van der Waals surface area contributed by atoms with Crippen molar-refractivity contribution in [3.05, 3.63) is 92.4 Å². The first-order valence-electron chi connectivity index (χ1n) is 10.4. The molecule has 0 aliphatic rings. The standard InChI is InChI=1S/C24H24N4O5/c1-16-6-4-5-7-19(16)28-21-20(22(29)27(24(28)31)12-13-32-2)26(15-25-21)14-17-8-10-18(11-9-17)23(30)33-3/h4-11,15H,12-14H2,1-3H3. The summed E-state index contributed by atoms with van der Waals surface area (Å²) in [5.74, 6) is -0.419. The molecule has 9 heteroatoms. The first-order valence-corrected chi connectivity index (χ1v) is 10.4. The van der Waals surface area contributed by atoms with Gasteiger partial charge in [0.1, 0.15) is 0 Å². The van der Waals surface area contributed by atoms with E-state index in [1.807, 2.05) is 31.2 Å². The number of carbonyl (C=O) groups is 1. The van der Waals surface area contributed by atoms with E-state index < -0.39 is 17.2 Å². The van der Waals surface area contributed by atoms with Crippen LogP contribution in [-0.2, 0) is 22.6 Å². The zero-order valence-corrected chi connectivity index (χ0v) is 18.6. The van der Waals surface area contributed by atoms with Crippen molar-refractivity contribution < 1.29 is 14.3 Å². The zero-order valence-electron chi connectivity index (χ0n) is 18.6. The van der Waals surface area contributed by atoms with Gasteiger partial charge in [0, 0.05) is 13.7 Å². The molecule has 2 aromatic heterocycles. The van der Waals surface area contributed by atoms with Crippen LogP contribution < -0.4 is 11.2 Å². The molecule has 0 aliphatic heterocycles. The van der Waals surface area contributed by atoms with E-state index in [2.05, 4.69) is 4.98 Å². The zero-order chi connectivity index (χ0) is 23.5. The fraction of sp³-hybridized carbons (Fsp3) is 0.250. The number of benzene rings is 2. The Hall–Kier alpha value is -3.98. The molecule has 0 spiro atoms. The van der Waals surface area contributed by atoms with Gasteiger partial charge < -0.3 is 14.0 Å². The Labute approximate surface area is 189 Å². The van der Waals surface area contributed by atoms with Crippen LogP contribution in [0.25, 0.3) is 16.9 Å². The van der Waals surface area contributed by atoms with E-state index >= 15 is 0 Å². The molecule has 0 saturated carbocycles. The first kappa shape index (κ1) is 22.2. The molecular formula is C24H24N4O5. The predicted octanol–water partition coefficient (Wildman–Crippen LogP) is 2.14. The van der Waals surface area contributed by atoms with Gasteiger partial charge in [0.2, 0.25) is 0 Å². The number of nitrogens with zero attached hydrogens (tertiary/aromatic N) is 4. The lowest BCUT2D eigenvalue weighted by Gasteiger charge is -2.14. The maximum absolute atomic E-state index is 13.4. The highest BCUT2D eigenvalue weighted by Gasteiger charge is 2.20. The second-order valence-corrected chi connectivity index (χ2v) is 7.59. The molecule has 4 aromatic rings. The largest absolute Gasteiger partial charge is 0.465 e. The predicted molar refractivity (Wildman–Crippen MR) is 123 cm³/mol. The lowest BCUT2D eigenvalue weighted by Crippen LogP contribution is -2.41. The van der Waals surface area contributed by atoms with Gasteiger partial charge >= 0.3 is 11.7 Å². The van der Waals surface area contributed by atoms with Gasteiger partial charge in [-0.15, -0.1) is 0 Å². The average molecular weight is 448 g/mol. The van der Waals surface area contributed by atoms with Crippen LogP contribution in [-0.4, -0.2) is 45.5 Å². The number of methoxy groups -OCH3 is 2. The molecule has 0 saturated heterocycles. The van der Waals surface area contributed by atoms with Crippen molar-refractivity contribution in [2.75, 3.05) is 20.8 Å². The van der Waals surface area contributed by atoms with Crippen LogP contribution in [0.3, 0.4) is 0 Å². The Morgan fingerprint density at radius 1 is 1.03 bits per heavy atom. The smallest absolute Gasteiger partial charge is 0.337 e. The molecule has 33 heavy (non-hydrogen) atoms. The average Bonchev–Trinajstić information content (AvgIpc) is 3.23. The number of carbonyl (C=O) groups excluding carboxylic acids is 1. The molecule has 9 nitrogen and oxygen atoms in total. The van der Waals surface area contributed by atoms with E-state index in [1.54, 1.807) is 35.2 Å². The highest BCUT2D eigenvalue weighted by Crippen LogP contribution is 2.17. The third-order valence-corrected chi connectivity index (χ3v) is 5.50. The number of hydrogen-bond acceptors (Lipinski definition) is 6. The summed E-state index contributed by atoms with van der Waals surface area (Å²) in [6.07, 6.45) is 1.55. The van der Waals surface area contributed by atoms with Gasteiger partial charge in [-0.1, -0.05) is 30.3 Å². The van der Waals surface area contributed by atoms with E-state index in [9.17, 15) is 14.4 Å². The second-order valence-electron chi connectivity index (χ2n) is 7.59. The number of aromatic nitrogens is 4. The molecule has 0 bridgehead atoms. The van der Waals surface area contributed by atoms with Crippen molar-refractivity contribution in [1.29, 1.82) is 0 Å². The number of imidazole rings is 1. The molecule has 0 atom stereocenters. The van der Waals surface area contributed by atoms with Gasteiger partial charge in [0.15, 0.2) is 11.2 Å². The molecule has 0 fully saturated rings. The van der Waals surface area contributed by atoms with Gasteiger partial charge in [0.25, 0.3) is 5.56 Å². The molecule has 4 rings (SSSR count). The highest BCUT2D eigenvalue weighted by atomic mass is 16.5. The minimum Gasteiger partial charge on any atom is -0.465 e. The number of hydrogen-bond donors (Lipinski definition) is 0. The fourth-order valence-corrected chi connectivity index (χ4v) is 3.77. The third kappa shape index (κ3) is 4.10. The summed E-state index contributed by atoms with van der Waals surface area (Å²) in [4.78, 5) is 42.8. The summed E-state index contributed by atoms with van der Waals surface area (Å²) in [5.41, 5.74) is 2.54. The van der Waals surface area contributed by atoms with Crippen LogP contribution in [0.15, 0.2) is 64.4 Å². The summed E-state index contributed by atoms with van der Waals surface area (Å²) >= 11 is 0. The van der Waals surface area contributed by atoms with Crippen molar-refractivity contribution in [2.24, 2.45) is 0 Å². The van der Waals surface area contributed by atoms with Crippen LogP contribution >= 0.6 is 0 Å². The normalized spacial score (nSPS) is 11.1. The maximum atomic E-state index is 13.4. The van der Waals surface area contributed by atoms with Crippen LogP contribution in [0.1, 0.15) is 21.5 Å². The number of esters is 1. The maximum Gasteiger partial charge on any atom is 0.337 e. The minimum atomic E-state index is -0.466. The molecule has 0 aliphatic carbocycles. The van der Waals surface area contributed by atoms with Crippen molar-refractivity contribution >= 4 is 17.1 Å². The highest BCUT2D eigenvalue weighted by molar-refractivity contribution is 5.89. The summed E-state index contributed by atoms with van der Waals surface area (Å²) in [6, 6.07) is 14.4. The van der Waals surface area contributed by atoms with Crippen LogP contribution in [0.2, 0.25) is 0 Å². The molecule has 0 amide bonds. The first-order chi connectivity index (χ1) is 16.0. The lowest BCUT2D eigenvalue weighted by atomic mass is 10.1. The van der Waals surface area contributed by atoms with Crippen molar-refractivity contribution in [3.63, 3.8) is 0 Å². The number of aryl methyl sites for hydroxylation is 1. The van der Waals surface area contributed by atoms with Gasteiger partial charge in [-0.25, -0.2) is 19.1 Å². The third-order valence-electron chi connectivity index (χ3n) is 5.50. The fourth-order valence-electron chi connectivity index (χ4n) is 3.77. The topological polar surface area (TPSA) is 97.3 Å².